The fourth-order valence-corrected chi connectivity index (χ4v) is 3.24. The van der Waals surface area contributed by atoms with E-state index < -0.39 is 4.92 Å². The van der Waals surface area contributed by atoms with Gasteiger partial charge < -0.3 is 10.2 Å². The number of benzene rings is 1. The van der Waals surface area contributed by atoms with Crippen molar-refractivity contribution in [2.24, 2.45) is 0 Å². The molecule has 8 heteroatoms. The third kappa shape index (κ3) is 3.47. The highest BCUT2D eigenvalue weighted by Gasteiger charge is 2.23. The highest BCUT2D eigenvalue weighted by atomic mass is 16.6. The van der Waals surface area contributed by atoms with Crippen molar-refractivity contribution in [3.05, 3.63) is 45.8 Å². The summed E-state index contributed by atoms with van der Waals surface area (Å²) in [6.07, 6.45) is 2.30. The van der Waals surface area contributed by atoms with Gasteiger partial charge in [-0.2, -0.15) is 5.10 Å². The van der Waals surface area contributed by atoms with Gasteiger partial charge in [0.25, 0.3) is 0 Å². The number of rotatable bonds is 5. The van der Waals surface area contributed by atoms with E-state index in [0.717, 1.165) is 37.3 Å². The van der Waals surface area contributed by atoms with E-state index in [4.69, 9.17) is 0 Å². The molecule has 2 heterocycles. The summed E-state index contributed by atoms with van der Waals surface area (Å²) in [6.45, 7) is 5.08. The number of carbonyl (C=O) groups excluding carboxylic acids is 1. The van der Waals surface area contributed by atoms with E-state index in [2.05, 4.69) is 15.3 Å². The van der Waals surface area contributed by atoms with Gasteiger partial charge in [0.05, 0.1) is 16.3 Å². The number of carbonyl (C=O) groups is 1. The van der Waals surface area contributed by atoms with Crippen molar-refractivity contribution in [3.63, 3.8) is 0 Å². The van der Waals surface area contributed by atoms with Gasteiger partial charge in [0.1, 0.15) is 17.9 Å². The molecular weight excluding hydrogens is 322 g/mol. The number of amides is 1. The van der Waals surface area contributed by atoms with E-state index in [1.807, 2.05) is 24.3 Å². The van der Waals surface area contributed by atoms with Gasteiger partial charge in [-0.15, -0.1) is 0 Å². The van der Waals surface area contributed by atoms with Crippen molar-refractivity contribution < 1.29 is 9.72 Å². The molecule has 2 aromatic rings. The van der Waals surface area contributed by atoms with E-state index >= 15 is 0 Å². The van der Waals surface area contributed by atoms with Crippen LogP contribution in [-0.4, -0.2) is 33.7 Å². The molecule has 1 aliphatic heterocycles. The van der Waals surface area contributed by atoms with Gasteiger partial charge >= 0.3 is 5.69 Å². The summed E-state index contributed by atoms with van der Waals surface area (Å²) in [5, 5.41) is 18.1. The molecule has 0 atom stereocenters. The molecule has 0 aliphatic carbocycles. The fraction of sp³-hybridized carbons (Fsp3) is 0.412. The number of anilines is 2. The Kier molecular flexibility index (Phi) is 4.69. The Labute approximate surface area is 145 Å². The van der Waals surface area contributed by atoms with Crippen LogP contribution in [0.2, 0.25) is 0 Å². The molecule has 1 fully saturated rings. The Morgan fingerprint density at radius 1 is 1.28 bits per heavy atom. The number of nitro groups is 1. The predicted molar refractivity (Wildman–Crippen MR) is 94.9 cm³/mol. The van der Waals surface area contributed by atoms with Crippen LogP contribution in [-0.2, 0) is 11.3 Å². The third-order valence-corrected chi connectivity index (χ3v) is 4.44. The Balaban J connectivity index is 1.76. The minimum absolute atomic E-state index is 0.0368. The number of nitrogens with zero attached hydrogens (tertiary/aromatic N) is 4. The van der Waals surface area contributed by atoms with Gasteiger partial charge in [-0.25, -0.2) is 0 Å². The summed E-state index contributed by atoms with van der Waals surface area (Å²) in [5.41, 5.74) is 2.42. The standard InChI is InChI=1S/C17H21N5O3/c1-12-17(22(24)25)13(2)21(19-12)11-16(23)18-14-7-3-4-8-15(14)20-9-5-6-10-20/h3-4,7-8H,5-6,9-11H2,1-2H3,(H,18,23). The lowest BCUT2D eigenvalue weighted by Crippen LogP contribution is -2.23. The smallest absolute Gasteiger partial charge is 0.312 e. The molecule has 0 unspecified atom stereocenters. The van der Waals surface area contributed by atoms with Crippen molar-refractivity contribution in [1.82, 2.24) is 9.78 Å². The Bertz CT molecular complexity index is 809. The first-order valence-corrected chi connectivity index (χ1v) is 8.29. The Hall–Kier alpha value is -2.90. The molecule has 132 valence electrons. The van der Waals surface area contributed by atoms with Gasteiger partial charge in [-0.3, -0.25) is 19.6 Å². The van der Waals surface area contributed by atoms with Crippen molar-refractivity contribution in [3.8, 4) is 0 Å². The topological polar surface area (TPSA) is 93.3 Å². The molecule has 1 aromatic heterocycles. The number of para-hydroxylation sites is 2. The third-order valence-electron chi connectivity index (χ3n) is 4.44. The van der Waals surface area contributed by atoms with E-state index in [1.54, 1.807) is 13.8 Å². The minimum Gasteiger partial charge on any atom is -0.370 e. The summed E-state index contributed by atoms with van der Waals surface area (Å²) in [6, 6.07) is 7.70. The second-order valence-electron chi connectivity index (χ2n) is 6.19. The van der Waals surface area contributed by atoms with E-state index in [-0.39, 0.29) is 18.1 Å². The first-order valence-electron chi connectivity index (χ1n) is 8.29. The van der Waals surface area contributed by atoms with E-state index in [1.165, 1.54) is 4.68 Å². The van der Waals surface area contributed by atoms with Crippen LogP contribution in [0.4, 0.5) is 17.1 Å². The summed E-state index contributed by atoms with van der Waals surface area (Å²) in [5.74, 6) is -0.257. The van der Waals surface area contributed by atoms with Crippen molar-refractivity contribution in [2.45, 2.75) is 33.2 Å². The lowest BCUT2D eigenvalue weighted by molar-refractivity contribution is -0.386. The molecule has 25 heavy (non-hydrogen) atoms. The molecule has 1 aromatic carbocycles. The second-order valence-corrected chi connectivity index (χ2v) is 6.19. The van der Waals surface area contributed by atoms with Crippen LogP contribution in [0, 0.1) is 24.0 Å². The number of hydrogen-bond acceptors (Lipinski definition) is 5. The van der Waals surface area contributed by atoms with Crippen LogP contribution in [0.25, 0.3) is 0 Å². The zero-order valence-electron chi connectivity index (χ0n) is 14.4. The predicted octanol–water partition coefficient (Wildman–Crippen LogP) is 2.65. The zero-order valence-corrected chi connectivity index (χ0v) is 14.4. The van der Waals surface area contributed by atoms with E-state index in [0.29, 0.717) is 11.4 Å². The maximum absolute atomic E-state index is 12.4. The van der Waals surface area contributed by atoms with Crippen LogP contribution in [0.3, 0.4) is 0 Å². The van der Waals surface area contributed by atoms with Crippen LogP contribution >= 0.6 is 0 Å². The average molecular weight is 343 g/mol. The normalized spacial score (nSPS) is 13.9. The van der Waals surface area contributed by atoms with Gasteiger partial charge in [0.2, 0.25) is 5.91 Å². The van der Waals surface area contributed by atoms with Gasteiger partial charge in [0.15, 0.2) is 0 Å². The number of nitrogens with one attached hydrogen (secondary N) is 1. The minimum atomic E-state index is -0.464. The van der Waals surface area contributed by atoms with E-state index in [9.17, 15) is 14.9 Å². The van der Waals surface area contributed by atoms with Crippen molar-refractivity contribution in [2.75, 3.05) is 23.3 Å². The first kappa shape index (κ1) is 16.9. The second kappa shape index (κ2) is 6.92. The molecule has 8 nitrogen and oxygen atoms in total. The summed E-state index contributed by atoms with van der Waals surface area (Å²) in [7, 11) is 0. The zero-order chi connectivity index (χ0) is 18.0. The summed E-state index contributed by atoms with van der Waals surface area (Å²) >= 11 is 0. The van der Waals surface area contributed by atoms with Crippen molar-refractivity contribution in [1.29, 1.82) is 0 Å². The van der Waals surface area contributed by atoms with Crippen LogP contribution in [0.1, 0.15) is 24.2 Å². The maximum Gasteiger partial charge on any atom is 0.312 e. The molecule has 1 amide bonds. The molecule has 0 spiro atoms. The lowest BCUT2D eigenvalue weighted by atomic mass is 10.2. The molecule has 3 rings (SSSR count). The van der Waals surface area contributed by atoms with Gasteiger partial charge in [-0.1, -0.05) is 12.1 Å². The monoisotopic (exact) mass is 343 g/mol. The highest BCUT2D eigenvalue weighted by molar-refractivity contribution is 5.94. The molecule has 1 N–H and O–H groups in total. The molecule has 0 saturated carbocycles. The summed E-state index contributed by atoms with van der Waals surface area (Å²) < 4.78 is 1.38. The van der Waals surface area contributed by atoms with Crippen molar-refractivity contribution >= 4 is 23.0 Å². The quantitative estimate of drug-likeness (QED) is 0.665. The largest absolute Gasteiger partial charge is 0.370 e. The van der Waals surface area contributed by atoms with Gasteiger partial charge in [0, 0.05) is 13.1 Å². The number of aromatic nitrogens is 2. The number of aryl methyl sites for hydroxylation is 1. The highest BCUT2D eigenvalue weighted by Crippen LogP contribution is 2.28. The molecule has 1 aliphatic rings. The average Bonchev–Trinajstić information content (AvgIpc) is 3.17. The SMILES string of the molecule is Cc1nn(CC(=O)Nc2ccccc2N2CCCC2)c(C)c1[N+](=O)[O-]. The molecular formula is C17H21N5O3. The fourth-order valence-electron chi connectivity index (χ4n) is 3.24. The lowest BCUT2D eigenvalue weighted by Gasteiger charge is -2.21. The Morgan fingerprint density at radius 2 is 1.96 bits per heavy atom. The van der Waals surface area contributed by atoms with Gasteiger partial charge in [-0.05, 0) is 38.8 Å². The van der Waals surface area contributed by atoms with Crippen LogP contribution in [0.15, 0.2) is 24.3 Å². The van der Waals surface area contributed by atoms with Crippen LogP contribution < -0.4 is 10.2 Å². The maximum atomic E-state index is 12.4. The molecule has 0 bridgehead atoms. The molecule has 0 radical (unpaired) electrons. The Morgan fingerprint density at radius 3 is 2.60 bits per heavy atom. The summed E-state index contributed by atoms with van der Waals surface area (Å²) in [4.78, 5) is 25.3. The number of hydrogen-bond donors (Lipinski definition) is 1. The first-order chi connectivity index (χ1) is 12.0. The van der Waals surface area contributed by atoms with Crippen LogP contribution in [0.5, 0.6) is 0 Å². The molecule has 1 saturated heterocycles.